The smallest absolute Gasteiger partial charge is 0.350 e. The second-order valence-corrected chi connectivity index (χ2v) is 6.22. The van der Waals surface area contributed by atoms with Gasteiger partial charge in [-0.25, -0.2) is 9.78 Å². The Morgan fingerprint density at radius 3 is 2.75 bits per heavy atom. The van der Waals surface area contributed by atoms with Crippen LogP contribution in [0.15, 0.2) is 34.2 Å². The SMILES string of the molecule is CCOC(=O)c1sc(Br)nc1COCc1ccccc1. The largest absolute Gasteiger partial charge is 0.462 e. The summed E-state index contributed by atoms with van der Waals surface area (Å²) < 4.78 is 11.3. The lowest BCUT2D eigenvalue weighted by Gasteiger charge is -2.04. The molecule has 0 bridgehead atoms. The predicted molar refractivity (Wildman–Crippen MR) is 80.7 cm³/mol. The Morgan fingerprint density at radius 1 is 1.30 bits per heavy atom. The first-order chi connectivity index (χ1) is 9.70. The van der Waals surface area contributed by atoms with Gasteiger partial charge in [0.25, 0.3) is 0 Å². The quantitative estimate of drug-likeness (QED) is 0.739. The minimum Gasteiger partial charge on any atom is -0.462 e. The molecule has 6 heteroatoms. The van der Waals surface area contributed by atoms with E-state index in [0.29, 0.717) is 27.7 Å². The number of ether oxygens (including phenoxy) is 2. The summed E-state index contributed by atoms with van der Waals surface area (Å²) in [5.74, 6) is -0.353. The average molecular weight is 356 g/mol. The van der Waals surface area contributed by atoms with Gasteiger partial charge in [0.1, 0.15) is 4.88 Å². The Hall–Kier alpha value is -1.24. The first kappa shape index (κ1) is 15.2. The fourth-order valence-corrected chi connectivity index (χ4v) is 3.01. The summed E-state index contributed by atoms with van der Waals surface area (Å²) in [7, 11) is 0. The van der Waals surface area contributed by atoms with Crippen molar-refractivity contribution in [1.82, 2.24) is 4.98 Å². The minimum absolute atomic E-state index is 0.283. The molecule has 2 rings (SSSR count). The molecular weight excluding hydrogens is 342 g/mol. The van der Waals surface area contributed by atoms with Gasteiger partial charge in [0.2, 0.25) is 0 Å². The Balaban J connectivity index is 1.97. The molecule has 1 heterocycles. The second-order valence-electron chi connectivity index (χ2n) is 3.94. The van der Waals surface area contributed by atoms with Crippen molar-refractivity contribution in [3.63, 3.8) is 0 Å². The predicted octanol–water partition coefficient (Wildman–Crippen LogP) is 3.80. The van der Waals surface area contributed by atoms with Gasteiger partial charge in [0.15, 0.2) is 3.92 Å². The fourth-order valence-electron chi connectivity index (χ4n) is 1.62. The number of nitrogens with zero attached hydrogens (tertiary/aromatic N) is 1. The van der Waals surface area contributed by atoms with Crippen LogP contribution in [0.4, 0.5) is 0 Å². The van der Waals surface area contributed by atoms with E-state index in [1.165, 1.54) is 11.3 Å². The van der Waals surface area contributed by atoms with Crippen molar-refractivity contribution < 1.29 is 14.3 Å². The molecule has 0 N–H and O–H groups in total. The van der Waals surface area contributed by atoms with Crippen LogP contribution >= 0.6 is 27.3 Å². The monoisotopic (exact) mass is 355 g/mol. The number of hydrogen-bond donors (Lipinski definition) is 0. The lowest BCUT2D eigenvalue weighted by atomic mass is 10.2. The van der Waals surface area contributed by atoms with E-state index in [4.69, 9.17) is 9.47 Å². The van der Waals surface area contributed by atoms with E-state index in [2.05, 4.69) is 20.9 Å². The van der Waals surface area contributed by atoms with Crippen LogP contribution in [0.5, 0.6) is 0 Å². The molecular formula is C14H14BrNO3S. The molecule has 0 aliphatic carbocycles. The number of esters is 1. The van der Waals surface area contributed by atoms with Crippen LogP contribution in [-0.2, 0) is 22.7 Å². The molecule has 4 nitrogen and oxygen atoms in total. The van der Waals surface area contributed by atoms with Gasteiger partial charge in [0.05, 0.1) is 25.5 Å². The molecule has 1 aromatic heterocycles. The third kappa shape index (κ3) is 4.13. The zero-order valence-electron chi connectivity index (χ0n) is 11.0. The topological polar surface area (TPSA) is 48.4 Å². The van der Waals surface area contributed by atoms with Crippen molar-refractivity contribution in [2.75, 3.05) is 6.61 Å². The molecule has 0 aliphatic rings. The lowest BCUT2D eigenvalue weighted by Crippen LogP contribution is -2.06. The van der Waals surface area contributed by atoms with Crippen LogP contribution in [0.3, 0.4) is 0 Å². The molecule has 106 valence electrons. The van der Waals surface area contributed by atoms with Crippen LogP contribution in [-0.4, -0.2) is 17.6 Å². The molecule has 2 aromatic rings. The highest BCUT2D eigenvalue weighted by Crippen LogP contribution is 2.25. The third-order valence-corrected chi connectivity index (χ3v) is 4.01. The Bertz CT molecular complexity index is 571. The van der Waals surface area contributed by atoms with E-state index in [1.807, 2.05) is 30.3 Å². The molecule has 0 saturated heterocycles. The molecule has 0 radical (unpaired) electrons. The number of thiazole rings is 1. The van der Waals surface area contributed by atoms with Crippen molar-refractivity contribution in [3.8, 4) is 0 Å². The van der Waals surface area contributed by atoms with E-state index >= 15 is 0 Å². The number of benzene rings is 1. The van der Waals surface area contributed by atoms with Gasteiger partial charge in [-0.1, -0.05) is 41.7 Å². The van der Waals surface area contributed by atoms with E-state index < -0.39 is 0 Å². The average Bonchev–Trinajstić information content (AvgIpc) is 2.81. The normalized spacial score (nSPS) is 10.5. The molecule has 0 fully saturated rings. The summed E-state index contributed by atoms with van der Waals surface area (Å²) in [6, 6.07) is 9.86. The standard InChI is InChI=1S/C14H14BrNO3S/c1-2-19-13(17)12-11(16-14(15)20-12)9-18-8-10-6-4-3-5-7-10/h3-7H,2,8-9H2,1H3. The van der Waals surface area contributed by atoms with E-state index in [0.717, 1.165) is 5.56 Å². The number of carbonyl (C=O) groups is 1. The second kappa shape index (κ2) is 7.52. The van der Waals surface area contributed by atoms with Gasteiger partial charge < -0.3 is 9.47 Å². The number of halogens is 1. The lowest BCUT2D eigenvalue weighted by molar-refractivity contribution is 0.0522. The first-order valence-electron chi connectivity index (χ1n) is 6.14. The van der Waals surface area contributed by atoms with E-state index in [1.54, 1.807) is 6.92 Å². The highest BCUT2D eigenvalue weighted by molar-refractivity contribution is 9.11. The van der Waals surface area contributed by atoms with Crippen molar-refractivity contribution in [3.05, 3.63) is 50.4 Å². The molecule has 0 amide bonds. The maximum absolute atomic E-state index is 11.8. The van der Waals surface area contributed by atoms with E-state index in [9.17, 15) is 4.79 Å². The van der Waals surface area contributed by atoms with Crippen LogP contribution in [0, 0.1) is 0 Å². The van der Waals surface area contributed by atoms with Gasteiger partial charge in [-0.15, -0.1) is 0 Å². The zero-order valence-corrected chi connectivity index (χ0v) is 13.4. The molecule has 0 atom stereocenters. The highest BCUT2D eigenvalue weighted by atomic mass is 79.9. The first-order valence-corrected chi connectivity index (χ1v) is 7.75. The summed E-state index contributed by atoms with van der Waals surface area (Å²) >= 11 is 4.54. The van der Waals surface area contributed by atoms with Gasteiger partial charge in [-0.2, -0.15) is 0 Å². The van der Waals surface area contributed by atoms with Gasteiger partial charge in [-0.05, 0) is 28.4 Å². The Labute approximate surface area is 129 Å². The van der Waals surface area contributed by atoms with Crippen molar-refractivity contribution >= 4 is 33.2 Å². The molecule has 0 aliphatic heterocycles. The Kier molecular flexibility index (Phi) is 5.70. The molecule has 0 saturated carbocycles. The van der Waals surface area contributed by atoms with E-state index in [-0.39, 0.29) is 12.6 Å². The maximum Gasteiger partial charge on any atom is 0.350 e. The van der Waals surface area contributed by atoms with Crippen LogP contribution in [0.1, 0.15) is 27.9 Å². The maximum atomic E-state index is 11.8. The molecule has 0 spiro atoms. The van der Waals surface area contributed by atoms with Crippen LogP contribution in [0.25, 0.3) is 0 Å². The molecule has 1 aromatic carbocycles. The number of aromatic nitrogens is 1. The third-order valence-electron chi connectivity index (χ3n) is 2.48. The highest BCUT2D eigenvalue weighted by Gasteiger charge is 2.18. The van der Waals surface area contributed by atoms with Crippen molar-refractivity contribution in [1.29, 1.82) is 0 Å². The molecule has 0 unspecified atom stereocenters. The number of rotatable bonds is 6. The van der Waals surface area contributed by atoms with Gasteiger partial charge in [-0.3, -0.25) is 0 Å². The van der Waals surface area contributed by atoms with Crippen molar-refractivity contribution in [2.24, 2.45) is 0 Å². The summed E-state index contributed by atoms with van der Waals surface area (Å²) in [6.07, 6.45) is 0. The number of hydrogen-bond acceptors (Lipinski definition) is 5. The van der Waals surface area contributed by atoms with Crippen molar-refractivity contribution in [2.45, 2.75) is 20.1 Å². The zero-order chi connectivity index (χ0) is 14.4. The summed E-state index contributed by atoms with van der Waals surface area (Å²) in [6.45, 7) is 2.89. The molecule has 20 heavy (non-hydrogen) atoms. The summed E-state index contributed by atoms with van der Waals surface area (Å²) in [5, 5.41) is 0. The summed E-state index contributed by atoms with van der Waals surface area (Å²) in [5.41, 5.74) is 1.69. The number of carbonyl (C=O) groups excluding carboxylic acids is 1. The van der Waals surface area contributed by atoms with Gasteiger partial charge in [0, 0.05) is 0 Å². The summed E-state index contributed by atoms with van der Waals surface area (Å²) in [4.78, 5) is 16.5. The van der Waals surface area contributed by atoms with Crippen LogP contribution < -0.4 is 0 Å². The Morgan fingerprint density at radius 2 is 2.05 bits per heavy atom. The van der Waals surface area contributed by atoms with Crippen LogP contribution in [0.2, 0.25) is 0 Å². The van der Waals surface area contributed by atoms with Gasteiger partial charge >= 0.3 is 5.97 Å². The fraction of sp³-hybridized carbons (Fsp3) is 0.286. The minimum atomic E-state index is -0.353.